The van der Waals surface area contributed by atoms with Crippen molar-refractivity contribution in [1.82, 2.24) is 4.57 Å². The Morgan fingerprint density at radius 3 is 1.93 bits per heavy atom. The third-order valence-corrected chi connectivity index (χ3v) is 10.3. The van der Waals surface area contributed by atoms with Gasteiger partial charge in [-0.05, 0) is 95.7 Å². The predicted molar refractivity (Wildman–Crippen MR) is 188 cm³/mol. The van der Waals surface area contributed by atoms with Crippen molar-refractivity contribution in [2.45, 2.75) is 19.3 Å². The zero-order chi connectivity index (χ0) is 29.2. The average molecular weight is 560 g/mol. The highest BCUT2D eigenvalue weighted by Crippen LogP contribution is 2.55. The van der Waals surface area contributed by atoms with Gasteiger partial charge in [-0.3, -0.25) is 0 Å². The molecule has 1 aliphatic rings. The first-order valence-electron chi connectivity index (χ1n) is 15.5. The number of hydrogen-bond donors (Lipinski definition) is 0. The highest BCUT2D eigenvalue weighted by Gasteiger charge is 2.38. The number of nitrogens with zero attached hydrogens (tertiary/aromatic N) is 1. The van der Waals surface area contributed by atoms with Gasteiger partial charge in [0.15, 0.2) is 0 Å². The van der Waals surface area contributed by atoms with Gasteiger partial charge >= 0.3 is 0 Å². The summed E-state index contributed by atoms with van der Waals surface area (Å²) in [6.45, 7) is 4.81. The van der Waals surface area contributed by atoms with Gasteiger partial charge in [-0.25, -0.2) is 0 Å². The van der Waals surface area contributed by atoms with Gasteiger partial charge in [0.25, 0.3) is 0 Å². The average Bonchev–Trinajstić information content (AvgIpc) is 3.52. The summed E-state index contributed by atoms with van der Waals surface area (Å²) in [5, 5.41) is 13.2. The molecule has 0 aliphatic heterocycles. The second-order valence-electron chi connectivity index (χ2n) is 12.9. The normalized spacial score (nSPS) is 13.9. The molecule has 44 heavy (non-hydrogen) atoms. The third kappa shape index (κ3) is 2.94. The van der Waals surface area contributed by atoms with Gasteiger partial charge in [-0.1, -0.05) is 123 Å². The van der Waals surface area contributed by atoms with Crippen LogP contribution in [-0.2, 0) is 5.41 Å². The van der Waals surface area contributed by atoms with Crippen molar-refractivity contribution >= 4 is 64.9 Å². The van der Waals surface area contributed by atoms with Gasteiger partial charge in [-0.15, -0.1) is 0 Å². The molecule has 0 bridgehead atoms. The highest BCUT2D eigenvalue weighted by atomic mass is 15.0. The topological polar surface area (TPSA) is 4.93 Å². The number of fused-ring (bicyclic) bond motifs is 15. The van der Waals surface area contributed by atoms with Crippen LogP contribution in [0.1, 0.15) is 25.0 Å². The van der Waals surface area contributed by atoms with E-state index in [2.05, 4.69) is 158 Å². The second kappa shape index (κ2) is 8.36. The van der Waals surface area contributed by atoms with Gasteiger partial charge in [0.05, 0.1) is 11.0 Å². The summed E-state index contributed by atoms with van der Waals surface area (Å²) >= 11 is 0. The largest absolute Gasteiger partial charge is 0.309 e. The van der Waals surface area contributed by atoms with Crippen molar-refractivity contribution in [1.29, 1.82) is 0 Å². The van der Waals surface area contributed by atoms with Crippen molar-refractivity contribution < 1.29 is 0 Å². The zero-order valence-electron chi connectivity index (χ0n) is 24.7. The van der Waals surface area contributed by atoms with E-state index in [4.69, 9.17) is 0 Å². The Morgan fingerprint density at radius 2 is 1.09 bits per heavy atom. The molecule has 0 radical (unpaired) electrons. The van der Waals surface area contributed by atoms with Gasteiger partial charge in [0.2, 0.25) is 0 Å². The van der Waals surface area contributed by atoms with Crippen LogP contribution in [0, 0.1) is 0 Å². The third-order valence-electron chi connectivity index (χ3n) is 10.3. The minimum atomic E-state index is -0.139. The van der Waals surface area contributed by atoms with E-state index in [0.29, 0.717) is 0 Å². The maximum atomic E-state index is 2.50. The van der Waals surface area contributed by atoms with E-state index < -0.39 is 0 Å². The smallest absolute Gasteiger partial charge is 0.0544 e. The standard InChI is InChI=1S/C43H29N/c1-43(2)36-23-22-32-29-16-8-9-18-31(29)40-28-15-7-6-12-26(28)20-21-33(40)41(32)42(36)35-24-34-30-17-10-11-19-38(30)44(39(34)25-37(35)43)27-13-4-3-5-14-27/h3-25H,1-2H3. The lowest BCUT2D eigenvalue weighted by Crippen LogP contribution is -2.15. The summed E-state index contributed by atoms with van der Waals surface area (Å²) in [5.74, 6) is 0. The van der Waals surface area contributed by atoms with E-state index in [0.717, 1.165) is 0 Å². The number of rotatable bonds is 1. The molecule has 1 aliphatic carbocycles. The van der Waals surface area contributed by atoms with Crippen molar-refractivity contribution in [3.05, 3.63) is 151 Å². The molecule has 8 aromatic carbocycles. The molecule has 0 unspecified atom stereocenters. The summed E-state index contributed by atoms with van der Waals surface area (Å²) < 4.78 is 2.44. The van der Waals surface area contributed by atoms with Crippen molar-refractivity contribution in [2.75, 3.05) is 0 Å². The summed E-state index contributed by atoms with van der Waals surface area (Å²) in [4.78, 5) is 0. The lowest BCUT2D eigenvalue weighted by atomic mass is 9.81. The maximum Gasteiger partial charge on any atom is 0.0544 e. The molecule has 0 fully saturated rings. The first kappa shape index (κ1) is 24.1. The number of hydrogen-bond acceptors (Lipinski definition) is 0. The zero-order valence-corrected chi connectivity index (χ0v) is 24.7. The van der Waals surface area contributed by atoms with E-state index >= 15 is 0 Å². The molecule has 1 aromatic heterocycles. The van der Waals surface area contributed by atoms with Gasteiger partial charge in [0, 0.05) is 21.9 Å². The minimum absolute atomic E-state index is 0.139. The second-order valence-corrected chi connectivity index (χ2v) is 12.9. The van der Waals surface area contributed by atoms with Crippen LogP contribution in [0.2, 0.25) is 0 Å². The van der Waals surface area contributed by atoms with Crippen molar-refractivity contribution in [3.63, 3.8) is 0 Å². The molecule has 0 amide bonds. The Labute approximate surface area is 255 Å². The van der Waals surface area contributed by atoms with E-state index in [1.807, 2.05) is 0 Å². The molecule has 10 rings (SSSR count). The fourth-order valence-corrected chi connectivity index (χ4v) is 8.35. The van der Waals surface area contributed by atoms with Crippen LogP contribution < -0.4 is 0 Å². The molecule has 0 atom stereocenters. The predicted octanol–water partition coefficient (Wildman–Crippen LogP) is 11.7. The molecule has 0 saturated carbocycles. The van der Waals surface area contributed by atoms with Crippen LogP contribution in [0.5, 0.6) is 0 Å². The summed E-state index contributed by atoms with van der Waals surface area (Å²) in [6.07, 6.45) is 0. The summed E-state index contributed by atoms with van der Waals surface area (Å²) in [7, 11) is 0. The molecular formula is C43H29N. The Morgan fingerprint density at radius 1 is 0.432 bits per heavy atom. The number of aromatic nitrogens is 1. The lowest BCUT2D eigenvalue weighted by Gasteiger charge is -2.22. The first-order valence-corrected chi connectivity index (χ1v) is 15.5. The first-order chi connectivity index (χ1) is 21.6. The van der Waals surface area contributed by atoms with Gasteiger partial charge in [-0.2, -0.15) is 0 Å². The van der Waals surface area contributed by atoms with E-state index in [-0.39, 0.29) is 5.41 Å². The SMILES string of the molecule is CC1(C)c2cc3c(cc2-c2c1ccc1c4ccccc4c4c5ccccc5ccc4c21)c1ccccc1n3-c1ccccc1. The van der Waals surface area contributed by atoms with E-state index in [1.165, 1.54) is 92.8 Å². The van der Waals surface area contributed by atoms with Crippen LogP contribution in [0.4, 0.5) is 0 Å². The molecular weight excluding hydrogens is 530 g/mol. The van der Waals surface area contributed by atoms with Crippen LogP contribution in [0.3, 0.4) is 0 Å². The fourth-order valence-electron chi connectivity index (χ4n) is 8.35. The quantitative estimate of drug-likeness (QED) is 0.176. The number of benzene rings is 8. The molecule has 1 heteroatoms. The fraction of sp³-hybridized carbons (Fsp3) is 0.0698. The summed E-state index contributed by atoms with van der Waals surface area (Å²) in [5.41, 5.74) is 9.14. The molecule has 1 heterocycles. The monoisotopic (exact) mass is 559 g/mol. The van der Waals surface area contributed by atoms with Crippen molar-refractivity contribution in [2.24, 2.45) is 0 Å². The molecule has 9 aromatic rings. The molecule has 0 spiro atoms. The minimum Gasteiger partial charge on any atom is -0.309 e. The van der Waals surface area contributed by atoms with Crippen LogP contribution in [0.15, 0.2) is 140 Å². The van der Waals surface area contributed by atoms with Gasteiger partial charge in [0.1, 0.15) is 0 Å². The van der Waals surface area contributed by atoms with Crippen molar-refractivity contribution in [3.8, 4) is 16.8 Å². The Hall–Kier alpha value is -5.40. The molecule has 0 N–H and O–H groups in total. The lowest BCUT2D eigenvalue weighted by molar-refractivity contribution is 0.661. The maximum absolute atomic E-state index is 2.50. The van der Waals surface area contributed by atoms with E-state index in [1.54, 1.807) is 0 Å². The molecule has 1 nitrogen and oxygen atoms in total. The van der Waals surface area contributed by atoms with Crippen LogP contribution >= 0.6 is 0 Å². The number of para-hydroxylation sites is 2. The highest BCUT2D eigenvalue weighted by molar-refractivity contribution is 6.34. The Kier molecular flexibility index (Phi) is 4.58. The summed E-state index contributed by atoms with van der Waals surface area (Å²) in [6, 6.07) is 51.9. The molecule has 206 valence electrons. The van der Waals surface area contributed by atoms with E-state index in [9.17, 15) is 0 Å². The van der Waals surface area contributed by atoms with Gasteiger partial charge < -0.3 is 4.57 Å². The van der Waals surface area contributed by atoms with Crippen LogP contribution in [-0.4, -0.2) is 4.57 Å². The Bertz CT molecular complexity index is 2670. The molecule has 0 saturated heterocycles. The van der Waals surface area contributed by atoms with Crippen LogP contribution in [0.25, 0.3) is 81.7 Å². The Balaban J connectivity index is 1.42.